The third-order valence-electron chi connectivity index (χ3n) is 7.05. The Morgan fingerprint density at radius 3 is 2.37 bits per heavy atom. The number of fused-ring (bicyclic) bond motifs is 1. The van der Waals surface area contributed by atoms with Gasteiger partial charge in [0.05, 0.1) is 11.9 Å². The van der Waals surface area contributed by atoms with E-state index in [1.54, 1.807) is 36.4 Å². The largest absolute Gasteiger partial charge is 0.454 e. The lowest BCUT2D eigenvalue weighted by molar-refractivity contribution is -0.141. The molecule has 4 rings (SSSR count). The molecule has 0 aliphatic carbocycles. The lowest BCUT2D eigenvalue weighted by Crippen LogP contribution is -2.51. The standard InChI is InChI=1S/C32H38FN3O6S/c1-23(2)20-34-32(38)28(18-24-10-5-4-6-11-24)35(21-25-12-7-8-13-27(25)33)31(37)14-9-17-36(43(3,39)40)26-15-16-29-30(19-26)42-22-41-29/h4-8,10-13,15-16,19,23,28H,9,14,17-18,20-22H2,1-3H3,(H,34,38). The summed E-state index contributed by atoms with van der Waals surface area (Å²) in [6.07, 6.45) is 1.43. The van der Waals surface area contributed by atoms with Crippen molar-refractivity contribution in [1.29, 1.82) is 0 Å². The van der Waals surface area contributed by atoms with Gasteiger partial charge in [-0.1, -0.05) is 62.4 Å². The first-order valence-corrected chi connectivity index (χ1v) is 16.1. The normalized spacial score (nSPS) is 13.0. The molecule has 9 nitrogen and oxygen atoms in total. The van der Waals surface area contributed by atoms with Gasteiger partial charge in [-0.05, 0) is 36.1 Å². The number of halogens is 1. The molecule has 3 aromatic rings. The molecule has 1 atom stereocenters. The number of anilines is 1. The van der Waals surface area contributed by atoms with E-state index in [0.29, 0.717) is 23.7 Å². The number of hydrogen-bond acceptors (Lipinski definition) is 6. The fourth-order valence-electron chi connectivity index (χ4n) is 4.83. The summed E-state index contributed by atoms with van der Waals surface area (Å²) < 4.78 is 52.2. The molecule has 11 heteroatoms. The molecule has 0 bridgehead atoms. The van der Waals surface area contributed by atoms with E-state index in [0.717, 1.165) is 11.8 Å². The summed E-state index contributed by atoms with van der Waals surface area (Å²) in [6.45, 7) is 4.32. The van der Waals surface area contributed by atoms with Crippen LogP contribution in [0.4, 0.5) is 10.1 Å². The molecule has 0 saturated carbocycles. The fraction of sp³-hybridized carbons (Fsp3) is 0.375. The maximum absolute atomic E-state index is 14.8. The third kappa shape index (κ3) is 8.70. The number of sulfonamides is 1. The molecule has 0 fully saturated rings. The summed E-state index contributed by atoms with van der Waals surface area (Å²) in [7, 11) is -3.70. The number of amides is 2. The predicted molar refractivity (Wildman–Crippen MR) is 163 cm³/mol. The van der Waals surface area contributed by atoms with Gasteiger partial charge in [-0.25, -0.2) is 12.8 Å². The van der Waals surface area contributed by atoms with Crippen molar-refractivity contribution in [1.82, 2.24) is 10.2 Å². The van der Waals surface area contributed by atoms with Crippen molar-refractivity contribution in [2.45, 2.75) is 45.7 Å². The Morgan fingerprint density at radius 2 is 1.67 bits per heavy atom. The van der Waals surface area contributed by atoms with Crippen LogP contribution in [-0.4, -0.2) is 57.3 Å². The Kier molecular flexibility index (Phi) is 10.6. The van der Waals surface area contributed by atoms with E-state index in [1.807, 2.05) is 44.2 Å². The molecular weight excluding hydrogens is 573 g/mol. The van der Waals surface area contributed by atoms with Crippen LogP contribution in [0.1, 0.15) is 37.8 Å². The molecule has 43 heavy (non-hydrogen) atoms. The van der Waals surface area contributed by atoms with E-state index >= 15 is 0 Å². The zero-order chi connectivity index (χ0) is 31.0. The number of rotatable bonds is 14. The zero-order valence-corrected chi connectivity index (χ0v) is 25.5. The first-order chi connectivity index (χ1) is 20.5. The van der Waals surface area contributed by atoms with Crippen LogP contribution in [0, 0.1) is 11.7 Å². The maximum atomic E-state index is 14.8. The Balaban J connectivity index is 1.58. The predicted octanol–water partition coefficient (Wildman–Crippen LogP) is 4.51. The van der Waals surface area contributed by atoms with Gasteiger partial charge in [0, 0.05) is 44.1 Å². The molecule has 1 aliphatic heterocycles. The lowest BCUT2D eigenvalue weighted by atomic mass is 10.0. The second-order valence-electron chi connectivity index (χ2n) is 10.9. The van der Waals surface area contributed by atoms with Crippen LogP contribution in [-0.2, 0) is 32.6 Å². The molecule has 0 aromatic heterocycles. The van der Waals surface area contributed by atoms with Gasteiger partial charge < -0.3 is 19.7 Å². The summed E-state index contributed by atoms with van der Waals surface area (Å²) in [5.74, 6) is -0.0446. The third-order valence-corrected chi connectivity index (χ3v) is 8.24. The number of carbonyl (C=O) groups excluding carboxylic acids is 2. The van der Waals surface area contributed by atoms with Crippen molar-refractivity contribution in [2.75, 3.05) is 30.4 Å². The van der Waals surface area contributed by atoms with E-state index in [1.165, 1.54) is 15.3 Å². The van der Waals surface area contributed by atoms with E-state index in [4.69, 9.17) is 9.47 Å². The van der Waals surface area contributed by atoms with Crippen LogP contribution in [0.2, 0.25) is 0 Å². The van der Waals surface area contributed by atoms with Gasteiger partial charge in [0.25, 0.3) is 0 Å². The Bertz CT molecular complexity index is 1520. The van der Waals surface area contributed by atoms with Crippen molar-refractivity contribution in [3.05, 3.63) is 89.7 Å². The lowest BCUT2D eigenvalue weighted by Gasteiger charge is -2.32. The molecule has 1 N–H and O–H groups in total. The minimum absolute atomic E-state index is 0.0145. The van der Waals surface area contributed by atoms with E-state index in [2.05, 4.69) is 5.32 Å². The van der Waals surface area contributed by atoms with Crippen LogP contribution in [0.25, 0.3) is 0 Å². The molecule has 1 heterocycles. The summed E-state index contributed by atoms with van der Waals surface area (Å²) >= 11 is 0. The minimum Gasteiger partial charge on any atom is -0.454 e. The van der Waals surface area contributed by atoms with Gasteiger partial charge >= 0.3 is 0 Å². The number of benzene rings is 3. The highest BCUT2D eigenvalue weighted by Gasteiger charge is 2.31. The first-order valence-electron chi connectivity index (χ1n) is 14.2. The second kappa shape index (κ2) is 14.4. The number of carbonyl (C=O) groups is 2. The van der Waals surface area contributed by atoms with Gasteiger partial charge in [0.1, 0.15) is 11.9 Å². The number of hydrogen-bond donors (Lipinski definition) is 1. The smallest absolute Gasteiger partial charge is 0.243 e. The van der Waals surface area contributed by atoms with Crippen LogP contribution in [0.3, 0.4) is 0 Å². The van der Waals surface area contributed by atoms with Crippen molar-refractivity contribution < 1.29 is 31.9 Å². The van der Waals surface area contributed by atoms with Gasteiger partial charge in [-0.3, -0.25) is 13.9 Å². The second-order valence-corrected chi connectivity index (χ2v) is 12.8. The van der Waals surface area contributed by atoms with Crippen LogP contribution >= 0.6 is 0 Å². The molecule has 3 aromatic carbocycles. The Labute approximate surface area is 252 Å². The molecular formula is C32H38FN3O6S. The highest BCUT2D eigenvalue weighted by atomic mass is 32.2. The molecule has 0 saturated heterocycles. The zero-order valence-electron chi connectivity index (χ0n) is 24.7. The average Bonchev–Trinajstić information content (AvgIpc) is 3.44. The maximum Gasteiger partial charge on any atom is 0.243 e. The van der Waals surface area contributed by atoms with E-state index in [-0.39, 0.29) is 62.4 Å². The van der Waals surface area contributed by atoms with E-state index in [9.17, 15) is 22.4 Å². The Morgan fingerprint density at radius 1 is 0.977 bits per heavy atom. The van der Waals surface area contributed by atoms with E-state index < -0.39 is 21.9 Å². The van der Waals surface area contributed by atoms with Crippen molar-refractivity contribution in [2.24, 2.45) is 5.92 Å². The first kappa shape index (κ1) is 31.8. The van der Waals surface area contributed by atoms with Gasteiger partial charge in [0.2, 0.25) is 28.6 Å². The van der Waals surface area contributed by atoms with Crippen LogP contribution in [0.15, 0.2) is 72.8 Å². The summed E-state index contributed by atoms with van der Waals surface area (Å²) in [5, 5.41) is 2.94. The summed E-state index contributed by atoms with van der Waals surface area (Å²) in [4.78, 5) is 28.8. The number of nitrogens with zero attached hydrogens (tertiary/aromatic N) is 2. The number of nitrogens with one attached hydrogen (secondary N) is 1. The fourth-order valence-corrected chi connectivity index (χ4v) is 5.79. The van der Waals surface area contributed by atoms with Gasteiger partial charge in [-0.2, -0.15) is 0 Å². The van der Waals surface area contributed by atoms with Gasteiger partial charge in [0.15, 0.2) is 11.5 Å². The molecule has 2 amide bonds. The van der Waals surface area contributed by atoms with Crippen molar-refractivity contribution in [3.63, 3.8) is 0 Å². The molecule has 0 radical (unpaired) electrons. The average molecular weight is 612 g/mol. The molecule has 230 valence electrons. The quantitative estimate of drug-likeness (QED) is 0.288. The summed E-state index contributed by atoms with van der Waals surface area (Å²) in [6, 6.07) is 19.4. The van der Waals surface area contributed by atoms with Crippen molar-refractivity contribution >= 4 is 27.5 Å². The molecule has 0 spiro atoms. The molecule has 1 aliphatic rings. The van der Waals surface area contributed by atoms with Crippen LogP contribution < -0.4 is 19.1 Å². The molecule has 1 unspecified atom stereocenters. The highest BCUT2D eigenvalue weighted by molar-refractivity contribution is 7.92. The van der Waals surface area contributed by atoms with Crippen molar-refractivity contribution in [3.8, 4) is 11.5 Å². The SMILES string of the molecule is CC(C)CNC(=O)C(Cc1ccccc1)N(Cc1ccccc1F)C(=O)CCCN(c1ccc2c(c1)OCO2)S(C)(=O)=O. The summed E-state index contributed by atoms with van der Waals surface area (Å²) in [5.41, 5.74) is 1.52. The van der Waals surface area contributed by atoms with Crippen LogP contribution in [0.5, 0.6) is 11.5 Å². The van der Waals surface area contributed by atoms with Gasteiger partial charge in [-0.15, -0.1) is 0 Å². The Hall–Kier alpha value is -4.12. The highest BCUT2D eigenvalue weighted by Crippen LogP contribution is 2.36. The monoisotopic (exact) mass is 611 g/mol. The number of ether oxygens (including phenoxy) is 2. The topological polar surface area (TPSA) is 105 Å². The minimum atomic E-state index is -3.70.